The molecular formula is C14H17FN2O3. The quantitative estimate of drug-likeness (QED) is 0.912. The SMILES string of the molecule is CCC1C(=O)NC(C)C(=O)N1c1ccc(F)c(OC)c1. The minimum absolute atomic E-state index is 0.0452. The van der Waals surface area contributed by atoms with Crippen molar-refractivity contribution in [3.05, 3.63) is 24.0 Å². The van der Waals surface area contributed by atoms with Crippen LogP contribution in [-0.2, 0) is 9.59 Å². The molecular weight excluding hydrogens is 263 g/mol. The third-order valence-electron chi connectivity index (χ3n) is 3.38. The van der Waals surface area contributed by atoms with Crippen LogP contribution in [0.3, 0.4) is 0 Å². The number of benzene rings is 1. The summed E-state index contributed by atoms with van der Waals surface area (Å²) in [6, 6.07) is 2.95. The molecule has 2 rings (SSSR count). The van der Waals surface area contributed by atoms with E-state index in [1.165, 1.54) is 30.2 Å². The van der Waals surface area contributed by atoms with Gasteiger partial charge in [-0.2, -0.15) is 0 Å². The number of amides is 2. The molecule has 5 nitrogen and oxygen atoms in total. The van der Waals surface area contributed by atoms with Gasteiger partial charge in [0.1, 0.15) is 12.1 Å². The third-order valence-corrected chi connectivity index (χ3v) is 3.38. The van der Waals surface area contributed by atoms with Gasteiger partial charge in [0.15, 0.2) is 11.6 Å². The van der Waals surface area contributed by atoms with Gasteiger partial charge in [-0.05, 0) is 25.5 Å². The first kappa shape index (κ1) is 14.3. The number of rotatable bonds is 3. The molecule has 108 valence electrons. The van der Waals surface area contributed by atoms with E-state index in [9.17, 15) is 14.0 Å². The fourth-order valence-corrected chi connectivity index (χ4v) is 2.32. The molecule has 1 aliphatic heterocycles. The lowest BCUT2D eigenvalue weighted by molar-refractivity contribution is -0.133. The third kappa shape index (κ3) is 2.33. The summed E-state index contributed by atoms with van der Waals surface area (Å²) in [5.41, 5.74) is 0.460. The summed E-state index contributed by atoms with van der Waals surface area (Å²) >= 11 is 0. The van der Waals surface area contributed by atoms with Crippen LogP contribution in [0.1, 0.15) is 20.3 Å². The standard InChI is InChI=1S/C14H17FN2O3/c1-4-11-13(18)16-8(2)14(19)17(11)9-5-6-10(15)12(7-9)20-3/h5-8,11H,4H2,1-3H3,(H,16,18). The van der Waals surface area contributed by atoms with Crippen LogP contribution in [0.2, 0.25) is 0 Å². The van der Waals surface area contributed by atoms with Crippen molar-refractivity contribution < 1.29 is 18.7 Å². The van der Waals surface area contributed by atoms with E-state index < -0.39 is 17.9 Å². The van der Waals surface area contributed by atoms with Crippen LogP contribution in [0.15, 0.2) is 18.2 Å². The number of hydrogen-bond acceptors (Lipinski definition) is 3. The van der Waals surface area contributed by atoms with Crippen molar-refractivity contribution in [1.82, 2.24) is 5.32 Å². The molecule has 2 amide bonds. The predicted octanol–water partition coefficient (Wildman–Crippen LogP) is 1.46. The molecule has 0 aromatic heterocycles. The summed E-state index contributed by atoms with van der Waals surface area (Å²) in [5, 5.41) is 2.63. The molecule has 1 N–H and O–H groups in total. The topological polar surface area (TPSA) is 58.6 Å². The van der Waals surface area contributed by atoms with E-state index >= 15 is 0 Å². The van der Waals surface area contributed by atoms with E-state index in [4.69, 9.17) is 4.74 Å². The number of carbonyl (C=O) groups excluding carboxylic acids is 2. The highest BCUT2D eigenvalue weighted by Gasteiger charge is 2.38. The molecule has 0 saturated carbocycles. The van der Waals surface area contributed by atoms with Crippen LogP contribution in [0.25, 0.3) is 0 Å². The smallest absolute Gasteiger partial charge is 0.250 e. The molecule has 0 spiro atoms. The summed E-state index contributed by atoms with van der Waals surface area (Å²) < 4.78 is 18.4. The maximum atomic E-state index is 13.5. The van der Waals surface area contributed by atoms with Crippen LogP contribution < -0.4 is 15.0 Å². The van der Waals surface area contributed by atoms with Crippen molar-refractivity contribution in [2.45, 2.75) is 32.4 Å². The number of nitrogens with zero attached hydrogens (tertiary/aromatic N) is 1. The van der Waals surface area contributed by atoms with Gasteiger partial charge in [0.05, 0.1) is 7.11 Å². The fourth-order valence-electron chi connectivity index (χ4n) is 2.32. The molecule has 0 aliphatic carbocycles. The van der Waals surface area contributed by atoms with Crippen LogP contribution in [0, 0.1) is 5.82 Å². The summed E-state index contributed by atoms with van der Waals surface area (Å²) in [4.78, 5) is 25.7. The average molecular weight is 280 g/mol. The van der Waals surface area contributed by atoms with E-state index in [-0.39, 0.29) is 17.6 Å². The van der Waals surface area contributed by atoms with Crippen LogP contribution in [0.4, 0.5) is 10.1 Å². The summed E-state index contributed by atoms with van der Waals surface area (Å²) in [5.74, 6) is -0.886. The molecule has 6 heteroatoms. The highest BCUT2D eigenvalue weighted by atomic mass is 19.1. The zero-order valence-electron chi connectivity index (χ0n) is 11.6. The van der Waals surface area contributed by atoms with Crippen LogP contribution >= 0.6 is 0 Å². The Hall–Kier alpha value is -2.11. The largest absolute Gasteiger partial charge is 0.494 e. The Kier molecular flexibility index (Phi) is 3.92. The number of anilines is 1. The van der Waals surface area contributed by atoms with Crippen LogP contribution in [-0.4, -0.2) is 31.0 Å². The predicted molar refractivity (Wildman–Crippen MR) is 72.1 cm³/mol. The Balaban J connectivity index is 2.46. The first-order valence-electron chi connectivity index (χ1n) is 6.46. The number of piperazine rings is 1. The Labute approximate surface area is 116 Å². The molecule has 1 aliphatic rings. The lowest BCUT2D eigenvalue weighted by Gasteiger charge is -2.37. The van der Waals surface area contributed by atoms with Crippen molar-refractivity contribution in [1.29, 1.82) is 0 Å². The van der Waals surface area contributed by atoms with Crippen molar-refractivity contribution in [3.63, 3.8) is 0 Å². The Morgan fingerprint density at radius 2 is 2.10 bits per heavy atom. The second-order valence-corrected chi connectivity index (χ2v) is 4.68. The summed E-state index contributed by atoms with van der Waals surface area (Å²) in [6.07, 6.45) is 0.476. The molecule has 1 aromatic carbocycles. The zero-order chi connectivity index (χ0) is 14.9. The average Bonchev–Trinajstić information content (AvgIpc) is 2.43. The first-order chi connectivity index (χ1) is 9.49. The lowest BCUT2D eigenvalue weighted by Crippen LogP contribution is -2.62. The molecule has 1 aromatic rings. The Bertz CT molecular complexity index is 547. The van der Waals surface area contributed by atoms with E-state index in [0.717, 1.165) is 0 Å². The van der Waals surface area contributed by atoms with E-state index in [0.29, 0.717) is 12.1 Å². The molecule has 20 heavy (non-hydrogen) atoms. The Morgan fingerprint density at radius 1 is 1.40 bits per heavy atom. The summed E-state index contributed by atoms with van der Waals surface area (Å²) in [7, 11) is 1.35. The molecule has 2 unspecified atom stereocenters. The van der Waals surface area contributed by atoms with Gasteiger partial charge < -0.3 is 10.1 Å². The molecule has 1 saturated heterocycles. The highest BCUT2D eigenvalue weighted by molar-refractivity contribution is 6.08. The maximum Gasteiger partial charge on any atom is 0.250 e. The minimum Gasteiger partial charge on any atom is -0.494 e. The second kappa shape index (κ2) is 5.48. The number of carbonyl (C=O) groups is 2. The van der Waals surface area contributed by atoms with Crippen molar-refractivity contribution in [2.24, 2.45) is 0 Å². The van der Waals surface area contributed by atoms with Gasteiger partial charge in [0.2, 0.25) is 11.8 Å². The number of hydrogen-bond donors (Lipinski definition) is 1. The number of halogens is 1. The monoisotopic (exact) mass is 280 g/mol. The van der Waals surface area contributed by atoms with E-state index in [2.05, 4.69) is 5.32 Å². The molecule has 0 bridgehead atoms. The van der Waals surface area contributed by atoms with Gasteiger partial charge >= 0.3 is 0 Å². The number of nitrogens with one attached hydrogen (secondary N) is 1. The van der Waals surface area contributed by atoms with E-state index in [1.807, 2.05) is 6.92 Å². The highest BCUT2D eigenvalue weighted by Crippen LogP contribution is 2.28. The Morgan fingerprint density at radius 3 is 2.70 bits per heavy atom. The molecule has 2 atom stereocenters. The molecule has 0 radical (unpaired) electrons. The van der Waals surface area contributed by atoms with Gasteiger partial charge in [0.25, 0.3) is 0 Å². The number of methoxy groups -OCH3 is 1. The van der Waals surface area contributed by atoms with Crippen molar-refractivity contribution in [3.8, 4) is 5.75 Å². The normalized spacial score (nSPS) is 22.7. The van der Waals surface area contributed by atoms with E-state index in [1.54, 1.807) is 6.92 Å². The lowest BCUT2D eigenvalue weighted by atomic mass is 10.0. The maximum absolute atomic E-state index is 13.5. The fraction of sp³-hybridized carbons (Fsp3) is 0.429. The van der Waals surface area contributed by atoms with Gasteiger partial charge in [-0.15, -0.1) is 0 Å². The van der Waals surface area contributed by atoms with Gasteiger partial charge in [-0.3, -0.25) is 14.5 Å². The van der Waals surface area contributed by atoms with Gasteiger partial charge in [0, 0.05) is 11.8 Å². The van der Waals surface area contributed by atoms with Gasteiger partial charge in [-0.25, -0.2) is 4.39 Å². The first-order valence-corrected chi connectivity index (χ1v) is 6.46. The summed E-state index contributed by atoms with van der Waals surface area (Å²) in [6.45, 7) is 3.45. The van der Waals surface area contributed by atoms with Crippen molar-refractivity contribution >= 4 is 17.5 Å². The minimum atomic E-state index is -0.596. The van der Waals surface area contributed by atoms with Gasteiger partial charge in [-0.1, -0.05) is 6.92 Å². The molecule has 1 fully saturated rings. The van der Waals surface area contributed by atoms with Crippen LogP contribution in [0.5, 0.6) is 5.75 Å². The molecule has 1 heterocycles. The second-order valence-electron chi connectivity index (χ2n) is 4.68. The number of ether oxygens (including phenoxy) is 1. The van der Waals surface area contributed by atoms with Crippen molar-refractivity contribution in [2.75, 3.05) is 12.0 Å². The zero-order valence-corrected chi connectivity index (χ0v) is 11.6.